The van der Waals surface area contributed by atoms with Gasteiger partial charge in [0.1, 0.15) is 11.3 Å². The molecule has 2 N–H and O–H groups in total. The summed E-state index contributed by atoms with van der Waals surface area (Å²) < 4.78 is 5.38. The highest BCUT2D eigenvalue weighted by Crippen LogP contribution is 2.26. The van der Waals surface area contributed by atoms with E-state index in [1.165, 1.54) is 0 Å². The van der Waals surface area contributed by atoms with E-state index in [9.17, 15) is 4.79 Å². The van der Waals surface area contributed by atoms with E-state index >= 15 is 0 Å². The molecule has 0 amide bonds. The van der Waals surface area contributed by atoms with Gasteiger partial charge in [-0.1, -0.05) is 25.5 Å². The lowest BCUT2D eigenvalue weighted by Gasteiger charge is -2.11. The third-order valence-corrected chi connectivity index (χ3v) is 4.05. The largest absolute Gasteiger partial charge is 0.494 e. The number of fused-ring (bicyclic) bond motifs is 1. The second-order valence-electron chi connectivity index (χ2n) is 5.84. The van der Waals surface area contributed by atoms with Gasteiger partial charge in [0.05, 0.1) is 12.8 Å². The van der Waals surface area contributed by atoms with Gasteiger partial charge in [-0.05, 0) is 26.3 Å². The van der Waals surface area contributed by atoms with Gasteiger partial charge >= 0.3 is 0 Å². The first-order chi connectivity index (χ1) is 12.0. The number of benzene rings is 1. The number of aromatic nitrogens is 4. The molecule has 2 heterocycles. The number of aryl methyl sites for hydroxylation is 2. The van der Waals surface area contributed by atoms with Gasteiger partial charge in [0.2, 0.25) is 11.9 Å². The quantitative estimate of drug-likeness (QED) is 0.742. The fourth-order valence-electron chi connectivity index (χ4n) is 2.82. The molecule has 0 saturated heterocycles. The van der Waals surface area contributed by atoms with Crippen LogP contribution in [0.1, 0.15) is 30.3 Å². The van der Waals surface area contributed by atoms with Crippen LogP contribution in [0.5, 0.6) is 5.75 Å². The van der Waals surface area contributed by atoms with E-state index in [0.29, 0.717) is 40.8 Å². The highest BCUT2D eigenvalue weighted by atomic mass is 16.5. The molecule has 1 aromatic carbocycles. The fraction of sp³-hybridized carbons (Fsp3) is 0.333. The molecule has 2 aromatic heterocycles. The molecular formula is C18H21N5O2. The summed E-state index contributed by atoms with van der Waals surface area (Å²) in [6.07, 6.45) is 1.60. The molecule has 3 aromatic rings. The molecule has 7 nitrogen and oxygen atoms in total. The molecular weight excluding hydrogens is 318 g/mol. The molecule has 0 aliphatic rings. The summed E-state index contributed by atoms with van der Waals surface area (Å²) in [5.74, 6) is 1.36. The minimum Gasteiger partial charge on any atom is -0.494 e. The second-order valence-corrected chi connectivity index (χ2v) is 5.84. The smallest absolute Gasteiger partial charge is 0.255 e. The van der Waals surface area contributed by atoms with Crippen LogP contribution in [0.25, 0.3) is 10.9 Å². The maximum Gasteiger partial charge on any atom is 0.255 e. The van der Waals surface area contributed by atoms with Gasteiger partial charge in [-0.25, -0.2) is 15.0 Å². The number of aromatic amines is 1. The van der Waals surface area contributed by atoms with Crippen molar-refractivity contribution in [1.82, 2.24) is 19.9 Å². The highest BCUT2D eigenvalue weighted by Gasteiger charge is 2.11. The lowest BCUT2D eigenvalue weighted by molar-refractivity contribution is 0.419. The Balaban J connectivity index is 2.02. The zero-order valence-electron chi connectivity index (χ0n) is 14.8. The van der Waals surface area contributed by atoms with Crippen molar-refractivity contribution in [2.45, 2.75) is 33.6 Å². The van der Waals surface area contributed by atoms with Crippen molar-refractivity contribution in [2.75, 3.05) is 12.4 Å². The average molecular weight is 339 g/mol. The molecule has 0 spiro atoms. The third-order valence-electron chi connectivity index (χ3n) is 4.05. The summed E-state index contributed by atoms with van der Waals surface area (Å²) in [6.45, 7) is 5.77. The van der Waals surface area contributed by atoms with Gasteiger partial charge in [-0.3, -0.25) is 15.1 Å². The number of nitrogens with one attached hydrogen (secondary N) is 2. The Morgan fingerprint density at radius 3 is 2.64 bits per heavy atom. The summed E-state index contributed by atoms with van der Waals surface area (Å²) in [7, 11) is 1.61. The van der Waals surface area contributed by atoms with E-state index in [4.69, 9.17) is 4.74 Å². The number of nitrogens with zero attached hydrogens (tertiary/aromatic N) is 3. The monoisotopic (exact) mass is 339 g/mol. The van der Waals surface area contributed by atoms with Crippen LogP contribution in [0.3, 0.4) is 0 Å². The van der Waals surface area contributed by atoms with Crippen molar-refractivity contribution in [3.8, 4) is 5.75 Å². The van der Waals surface area contributed by atoms with Crippen molar-refractivity contribution in [2.24, 2.45) is 0 Å². The lowest BCUT2D eigenvalue weighted by Crippen LogP contribution is -2.18. The minimum absolute atomic E-state index is 0.132. The number of H-pyrrole nitrogens is 1. The molecule has 25 heavy (non-hydrogen) atoms. The van der Waals surface area contributed by atoms with Gasteiger partial charge in [0.15, 0.2) is 0 Å². The van der Waals surface area contributed by atoms with Crippen LogP contribution in [0, 0.1) is 13.8 Å². The second kappa shape index (κ2) is 6.88. The molecule has 0 aliphatic heterocycles. The van der Waals surface area contributed by atoms with Gasteiger partial charge in [0.25, 0.3) is 5.56 Å². The van der Waals surface area contributed by atoms with Crippen molar-refractivity contribution in [3.05, 3.63) is 45.5 Å². The summed E-state index contributed by atoms with van der Waals surface area (Å²) in [5, 5.41) is 3.91. The van der Waals surface area contributed by atoms with Crippen LogP contribution in [-0.2, 0) is 6.42 Å². The minimum atomic E-state index is -0.132. The van der Waals surface area contributed by atoms with Crippen LogP contribution in [0.2, 0.25) is 0 Å². The van der Waals surface area contributed by atoms with Crippen molar-refractivity contribution in [1.29, 1.82) is 0 Å². The molecule has 0 bridgehead atoms. The van der Waals surface area contributed by atoms with Crippen LogP contribution in [0.15, 0.2) is 23.0 Å². The lowest BCUT2D eigenvalue weighted by atomic mass is 10.1. The van der Waals surface area contributed by atoms with Gasteiger partial charge < -0.3 is 4.74 Å². The maximum atomic E-state index is 12.2. The average Bonchev–Trinajstić information content (AvgIpc) is 2.58. The number of hydrogen-bond donors (Lipinski definition) is 2. The van der Waals surface area contributed by atoms with E-state index in [2.05, 4.69) is 25.3 Å². The van der Waals surface area contributed by atoms with Crippen LogP contribution in [0.4, 0.5) is 11.9 Å². The first kappa shape index (κ1) is 16.9. The topological polar surface area (TPSA) is 92.8 Å². The number of rotatable bonds is 5. The number of hydrogen-bond acceptors (Lipinski definition) is 6. The number of para-hydroxylation sites is 1. The highest BCUT2D eigenvalue weighted by molar-refractivity contribution is 5.87. The summed E-state index contributed by atoms with van der Waals surface area (Å²) in [4.78, 5) is 28.4. The predicted molar refractivity (Wildman–Crippen MR) is 97.7 cm³/mol. The molecule has 0 unspecified atom stereocenters. The van der Waals surface area contributed by atoms with Crippen LogP contribution in [-0.4, -0.2) is 27.0 Å². The summed E-state index contributed by atoms with van der Waals surface area (Å²) >= 11 is 0. The Hall–Kier alpha value is -2.96. The van der Waals surface area contributed by atoms with Crippen molar-refractivity contribution in [3.63, 3.8) is 0 Å². The SMILES string of the molecule is CCCc1c(C)nc(Nc2nc(C)c3cccc(OC)c3n2)[nH]c1=O. The third kappa shape index (κ3) is 3.31. The molecule has 130 valence electrons. The van der Waals surface area contributed by atoms with Crippen LogP contribution >= 0.6 is 0 Å². The van der Waals surface area contributed by atoms with E-state index in [1.54, 1.807) is 7.11 Å². The molecule has 7 heteroatoms. The van der Waals surface area contributed by atoms with Gasteiger partial charge in [0, 0.05) is 16.6 Å². The van der Waals surface area contributed by atoms with Crippen LogP contribution < -0.4 is 15.6 Å². The molecule has 0 radical (unpaired) electrons. The molecule has 3 rings (SSSR count). The van der Waals surface area contributed by atoms with Gasteiger partial charge in [-0.15, -0.1) is 0 Å². The van der Waals surface area contributed by atoms with E-state index in [0.717, 1.165) is 17.5 Å². The Bertz CT molecular complexity index is 981. The summed E-state index contributed by atoms with van der Waals surface area (Å²) in [6, 6.07) is 5.70. The van der Waals surface area contributed by atoms with Gasteiger partial charge in [-0.2, -0.15) is 0 Å². The summed E-state index contributed by atoms with van der Waals surface area (Å²) in [5.41, 5.74) is 2.82. The Kier molecular flexibility index (Phi) is 4.65. The zero-order chi connectivity index (χ0) is 18.0. The first-order valence-electron chi connectivity index (χ1n) is 8.21. The Morgan fingerprint density at radius 1 is 1.16 bits per heavy atom. The van der Waals surface area contributed by atoms with E-state index in [1.807, 2.05) is 39.0 Å². The first-order valence-corrected chi connectivity index (χ1v) is 8.21. The maximum absolute atomic E-state index is 12.2. The Labute approximate surface area is 145 Å². The van der Waals surface area contributed by atoms with E-state index < -0.39 is 0 Å². The molecule has 0 aliphatic carbocycles. The standard InChI is InChI=1S/C18H21N5O2/c1-5-7-13-11(3)20-18(22-16(13)24)23-17-19-10(2)12-8-6-9-14(25-4)15(12)21-17/h6,8-9H,5,7H2,1-4H3,(H2,19,20,21,22,23,24). The zero-order valence-corrected chi connectivity index (χ0v) is 14.8. The van der Waals surface area contributed by atoms with Crippen molar-refractivity contribution < 1.29 is 4.74 Å². The molecule has 0 atom stereocenters. The number of ether oxygens (including phenoxy) is 1. The Morgan fingerprint density at radius 2 is 1.96 bits per heavy atom. The van der Waals surface area contributed by atoms with E-state index in [-0.39, 0.29) is 5.56 Å². The normalized spacial score (nSPS) is 10.9. The molecule has 0 saturated carbocycles. The predicted octanol–water partition coefficient (Wildman–Crippen LogP) is 3.03. The van der Waals surface area contributed by atoms with Crippen molar-refractivity contribution >= 4 is 22.8 Å². The number of methoxy groups -OCH3 is 1. The fourth-order valence-corrected chi connectivity index (χ4v) is 2.82. The number of anilines is 2. The molecule has 0 fully saturated rings.